The fraction of sp³-hybridized carbons (Fsp3) is 0.167. The topological polar surface area (TPSA) is 102 Å². The van der Waals surface area contributed by atoms with Crippen molar-refractivity contribution in [2.75, 3.05) is 41.7 Å². The van der Waals surface area contributed by atoms with E-state index in [0.717, 1.165) is 26.2 Å². The number of piperazine rings is 1. The van der Waals surface area contributed by atoms with Crippen LogP contribution in [0.4, 0.5) is 27.4 Å². The van der Waals surface area contributed by atoms with Gasteiger partial charge in [-0.1, -0.05) is 18.2 Å². The van der Waals surface area contributed by atoms with E-state index >= 15 is 0 Å². The van der Waals surface area contributed by atoms with Crippen LogP contribution in [-0.4, -0.2) is 55.4 Å². The number of benzene rings is 2. The fourth-order valence-corrected chi connectivity index (χ4v) is 4.60. The van der Waals surface area contributed by atoms with Crippen LogP contribution >= 0.6 is 34.5 Å². The number of nitrogens with one attached hydrogen (secondary N) is 3. The Hall–Kier alpha value is -3.29. The third-order valence-corrected chi connectivity index (χ3v) is 7.05. The molecule has 12 heteroatoms. The summed E-state index contributed by atoms with van der Waals surface area (Å²) in [6, 6.07) is 9.94. The van der Waals surface area contributed by atoms with Crippen molar-refractivity contribution >= 4 is 74.4 Å². The van der Waals surface area contributed by atoms with Crippen LogP contribution in [0.2, 0.25) is 5.02 Å². The van der Waals surface area contributed by atoms with Crippen molar-refractivity contribution in [3.63, 3.8) is 0 Å². The zero-order valence-corrected chi connectivity index (χ0v) is 21.8. The number of nitrogens with zero attached hydrogens (tertiary/aromatic N) is 5. The predicted octanol–water partition coefficient (Wildman–Crippen LogP) is 5.15. The van der Waals surface area contributed by atoms with Gasteiger partial charge >= 0.3 is 0 Å². The zero-order chi connectivity index (χ0) is 25.2. The molecule has 3 heterocycles. The van der Waals surface area contributed by atoms with Crippen LogP contribution in [-0.2, 0) is 4.79 Å². The molecule has 184 valence electrons. The summed E-state index contributed by atoms with van der Waals surface area (Å²) in [5, 5.41) is 14.0. The highest BCUT2D eigenvalue weighted by Gasteiger charge is 2.20. The van der Waals surface area contributed by atoms with Crippen molar-refractivity contribution in [3.8, 4) is 11.3 Å². The first-order valence-corrected chi connectivity index (χ1v) is 12.4. The van der Waals surface area contributed by atoms with Gasteiger partial charge in [-0.3, -0.25) is 9.89 Å². The molecule has 1 amide bonds. The first-order valence-electron chi connectivity index (χ1n) is 11.1. The molecule has 0 unspecified atom stereocenters. The molecular formula is C24H21ClFIN8O. The third kappa shape index (κ3) is 5.13. The van der Waals surface area contributed by atoms with Crippen LogP contribution in [0.5, 0.6) is 0 Å². The van der Waals surface area contributed by atoms with E-state index < -0.39 is 0 Å². The van der Waals surface area contributed by atoms with Crippen molar-refractivity contribution < 1.29 is 9.18 Å². The number of aromatic amines is 1. The van der Waals surface area contributed by atoms with Crippen molar-refractivity contribution in [2.24, 2.45) is 0 Å². The molecule has 4 aromatic rings. The van der Waals surface area contributed by atoms with Crippen LogP contribution in [0, 0.1) is 5.82 Å². The molecule has 0 radical (unpaired) electrons. The Balaban J connectivity index is 1.50. The lowest BCUT2D eigenvalue weighted by molar-refractivity contribution is -0.111. The molecular weight excluding hydrogens is 598 g/mol. The minimum absolute atomic E-state index is 0.279. The largest absolute Gasteiger partial charge is 0.366 e. The number of fused-ring (bicyclic) bond motifs is 1. The van der Waals surface area contributed by atoms with E-state index in [4.69, 9.17) is 16.6 Å². The first kappa shape index (κ1) is 24.4. The Morgan fingerprint density at radius 3 is 2.69 bits per heavy atom. The molecule has 1 aliphatic heterocycles. The number of carbonyl (C=O) groups excluding carboxylic acids is 1. The van der Waals surface area contributed by atoms with Crippen LogP contribution in [0.1, 0.15) is 0 Å². The molecule has 36 heavy (non-hydrogen) atoms. The number of anilines is 4. The summed E-state index contributed by atoms with van der Waals surface area (Å²) >= 11 is 8.80. The van der Waals surface area contributed by atoms with Crippen molar-refractivity contribution in [3.05, 3.63) is 66.1 Å². The van der Waals surface area contributed by atoms with Gasteiger partial charge in [-0.2, -0.15) is 10.1 Å². The predicted molar refractivity (Wildman–Crippen MR) is 148 cm³/mol. The van der Waals surface area contributed by atoms with Gasteiger partial charge in [0.2, 0.25) is 11.9 Å². The highest BCUT2D eigenvalue weighted by Crippen LogP contribution is 2.35. The summed E-state index contributed by atoms with van der Waals surface area (Å²) in [6.07, 6.45) is 2.80. The van der Waals surface area contributed by atoms with Crippen molar-refractivity contribution in [2.45, 2.75) is 0 Å². The van der Waals surface area contributed by atoms with Crippen LogP contribution in [0.25, 0.3) is 22.3 Å². The second kappa shape index (κ2) is 10.4. The second-order valence-electron chi connectivity index (χ2n) is 8.10. The van der Waals surface area contributed by atoms with Crippen molar-refractivity contribution in [1.82, 2.24) is 23.3 Å². The molecule has 0 aliphatic carbocycles. The summed E-state index contributed by atoms with van der Waals surface area (Å²) in [4.78, 5) is 23.0. The minimum Gasteiger partial charge on any atom is -0.366 e. The molecule has 0 bridgehead atoms. The molecule has 0 atom stereocenters. The lowest BCUT2D eigenvalue weighted by atomic mass is 10.1. The Bertz CT molecular complexity index is 1450. The summed E-state index contributed by atoms with van der Waals surface area (Å²) in [7, 11) is 0. The number of carbonyl (C=O) groups is 1. The normalized spacial score (nSPS) is 14.1. The molecule has 2 aromatic carbocycles. The van der Waals surface area contributed by atoms with E-state index in [1.807, 2.05) is 4.90 Å². The number of hydrogen-bond donors (Lipinski definition) is 3. The molecule has 0 saturated carbocycles. The van der Waals surface area contributed by atoms with E-state index in [1.165, 1.54) is 12.1 Å². The summed E-state index contributed by atoms with van der Waals surface area (Å²) in [5.74, 6) is -0.333. The molecule has 1 fully saturated rings. The number of rotatable bonds is 6. The van der Waals surface area contributed by atoms with E-state index in [9.17, 15) is 9.18 Å². The Labute approximate surface area is 225 Å². The molecule has 1 aliphatic rings. The monoisotopic (exact) mass is 618 g/mol. The average Bonchev–Trinajstić information content (AvgIpc) is 3.35. The maximum atomic E-state index is 14.7. The maximum Gasteiger partial charge on any atom is 0.247 e. The lowest BCUT2D eigenvalue weighted by Gasteiger charge is -2.33. The van der Waals surface area contributed by atoms with Gasteiger partial charge in [0.05, 0.1) is 28.0 Å². The van der Waals surface area contributed by atoms with Gasteiger partial charge in [-0.15, -0.1) is 0 Å². The van der Waals surface area contributed by atoms with E-state index in [1.54, 1.807) is 36.5 Å². The summed E-state index contributed by atoms with van der Waals surface area (Å²) in [5.41, 5.74) is 3.33. The Morgan fingerprint density at radius 2 is 1.92 bits per heavy atom. The average molecular weight is 619 g/mol. The first-order chi connectivity index (χ1) is 17.4. The molecule has 0 spiro atoms. The lowest BCUT2D eigenvalue weighted by Crippen LogP contribution is -2.42. The zero-order valence-electron chi connectivity index (χ0n) is 18.9. The van der Waals surface area contributed by atoms with Gasteiger partial charge in [-0.25, -0.2) is 12.5 Å². The van der Waals surface area contributed by atoms with E-state index in [0.29, 0.717) is 44.4 Å². The number of amides is 1. The fourth-order valence-electron chi connectivity index (χ4n) is 3.96. The molecule has 9 nitrogen and oxygen atoms in total. The van der Waals surface area contributed by atoms with Gasteiger partial charge in [-0.05, 0) is 42.5 Å². The van der Waals surface area contributed by atoms with Crippen LogP contribution in [0.3, 0.4) is 0 Å². The number of hydrogen-bond acceptors (Lipinski definition) is 7. The van der Waals surface area contributed by atoms with Gasteiger partial charge in [0.1, 0.15) is 5.82 Å². The van der Waals surface area contributed by atoms with Gasteiger partial charge in [0, 0.05) is 66.0 Å². The second-order valence-corrected chi connectivity index (χ2v) is 9.88. The molecule has 3 N–H and O–H groups in total. The number of halogens is 3. The number of H-pyrrole nitrogens is 1. The minimum atomic E-state index is -0.339. The Kier molecular flexibility index (Phi) is 7.03. The molecule has 1 saturated heterocycles. The van der Waals surface area contributed by atoms with Gasteiger partial charge in [0.25, 0.3) is 0 Å². The standard InChI is InChI=1S/C24H21ClFIN8O/c1-2-21(36)29-14-3-5-18(25)16(11-14)22-17-13-28-33-23(17)32-24(31-22)30-15-4-6-19(26)20(12-15)34-7-9-35(27)10-8-34/h2-6,11-13H,1,7-10H2,(H,29,36)(H2,28,30,31,32,33). The SMILES string of the molecule is C=CC(=O)Nc1ccc(Cl)c(-c2nc(Nc3ccc(F)c(N4CCN(I)CC4)c3)nc3[nH]ncc23)c1. The highest BCUT2D eigenvalue weighted by molar-refractivity contribution is 14.1. The number of aromatic nitrogens is 4. The smallest absolute Gasteiger partial charge is 0.247 e. The molecule has 2 aromatic heterocycles. The maximum absolute atomic E-state index is 14.7. The van der Waals surface area contributed by atoms with Gasteiger partial charge in [0.15, 0.2) is 5.65 Å². The summed E-state index contributed by atoms with van der Waals surface area (Å²) < 4.78 is 16.8. The third-order valence-electron chi connectivity index (χ3n) is 5.75. The van der Waals surface area contributed by atoms with Crippen LogP contribution < -0.4 is 15.5 Å². The Morgan fingerprint density at radius 1 is 1.14 bits per heavy atom. The van der Waals surface area contributed by atoms with Gasteiger partial charge < -0.3 is 15.5 Å². The molecule has 5 rings (SSSR count). The quantitative estimate of drug-likeness (QED) is 0.156. The van der Waals surface area contributed by atoms with E-state index in [-0.39, 0.29) is 17.7 Å². The van der Waals surface area contributed by atoms with Crippen LogP contribution in [0.15, 0.2) is 55.3 Å². The van der Waals surface area contributed by atoms with E-state index in [2.05, 4.69) is 58.4 Å². The van der Waals surface area contributed by atoms with Crippen molar-refractivity contribution in [1.29, 1.82) is 0 Å². The summed E-state index contributed by atoms with van der Waals surface area (Å²) in [6.45, 7) is 6.66. The highest BCUT2D eigenvalue weighted by atomic mass is 127.